The molecule has 25 heavy (non-hydrogen) atoms. The fraction of sp³-hybridized carbons (Fsp3) is 0.500. The summed E-state index contributed by atoms with van der Waals surface area (Å²) in [7, 11) is -3.32. The van der Waals surface area contributed by atoms with Crippen LogP contribution in [0.1, 0.15) is 30.4 Å². The van der Waals surface area contributed by atoms with Gasteiger partial charge in [-0.2, -0.15) is 0 Å². The van der Waals surface area contributed by atoms with Gasteiger partial charge in [-0.05, 0) is 23.8 Å². The number of nitrogens with zero attached hydrogens (tertiary/aromatic N) is 3. The molecule has 2 heterocycles. The average molecular weight is 386 g/mol. The van der Waals surface area contributed by atoms with E-state index in [0.29, 0.717) is 53.5 Å². The van der Waals surface area contributed by atoms with Gasteiger partial charge in [0.2, 0.25) is 11.8 Å². The van der Waals surface area contributed by atoms with Crippen LogP contribution in [0.3, 0.4) is 0 Å². The number of ether oxygens (including phenoxy) is 1. The molecule has 0 amide bonds. The molecule has 0 aliphatic carbocycles. The molecule has 1 fully saturated rings. The van der Waals surface area contributed by atoms with E-state index in [1.54, 1.807) is 32.0 Å². The normalized spacial score (nSPS) is 19.2. The average Bonchev–Trinajstić information content (AvgIpc) is 3.01. The zero-order chi connectivity index (χ0) is 18.0. The summed E-state index contributed by atoms with van der Waals surface area (Å²) < 4.78 is 35.8. The van der Waals surface area contributed by atoms with Crippen LogP contribution in [0.15, 0.2) is 27.5 Å². The highest BCUT2D eigenvalue weighted by Crippen LogP contribution is 2.26. The fourth-order valence-corrected chi connectivity index (χ4v) is 4.11. The lowest BCUT2D eigenvalue weighted by Gasteiger charge is -2.31. The van der Waals surface area contributed by atoms with Crippen LogP contribution in [-0.2, 0) is 21.1 Å². The first-order chi connectivity index (χ1) is 11.9. The molecule has 2 aromatic rings. The zero-order valence-corrected chi connectivity index (χ0v) is 15.7. The third-order valence-corrected chi connectivity index (χ3v) is 6.16. The van der Waals surface area contributed by atoms with E-state index in [0.717, 1.165) is 0 Å². The number of rotatable bonds is 5. The minimum atomic E-state index is -3.32. The number of hydrogen-bond acceptors (Lipinski definition) is 7. The highest BCUT2D eigenvalue weighted by Gasteiger charge is 2.27. The lowest BCUT2D eigenvalue weighted by molar-refractivity contribution is -0.0459. The summed E-state index contributed by atoms with van der Waals surface area (Å²) in [5, 5.41) is 8.35. The maximum atomic E-state index is 12.3. The van der Waals surface area contributed by atoms with E-state index in [-0.39, 0.29) is 11.9 Å². The summed E-state index contributed by atoms with van der Waals surface area (Å²) in [6.45, 7) is 5.55. The molecule has 0 N–H and O–H groups in total. The second-order valence-corrected chi connectivity index (χ2v) is 8.59. The van der Waals surface area contributed by atoms with Crippen LogP contribution in [0, 0.1) is 6.92 Å². The summed E-state index contributed by atoms with van der Waals surface area (Å²) in [5.74, 6) is 0.978. The standard InChI is InChI=1S/C16H20ClN3O4S/c1-3-25(21,22)15-5-4-13(17)8-12(15)9-20-6-7-23-14(10-20)16-19-18-11(2)24-16/h4-5,8,14H,3,6-7,9-10H2,1-2H3. The van der Waals surface area contributed by atoms with Gasteiger partial charge >= 0.3 is 0 Å². The van der Waals surface area contributed by atoms with Gasteiger partial charge in [-0.25, -0.2) is 8.42 Å². The van der Waals surface area contributed by atoms with Crippen molar-refractivity contribution in [3.8, 4) is 0 Å². The number of morpholine rings is 1. The Hall–Kier alpha value is -1.48. The van der Waals surface area contributed by atoms with Crippen molar-refractivity contribution in [2.24, 2.45) is 0 Å². The third kappa shape index (κ3) is 4.20. The SMILES string of the molecule is CCS(=O)(=O)c1ccc(Cl)cc1CN1CCOC(c2nnc(C)o2)C1. The lowest BCUT2D eigenvalue weighted by atomic mass is 10.2. The summed E-state index contributed by atoms with van der Waals surface area (Å²) in [5.41, 5.74) is 0.691. The Morgan fingerprint density at radius 3 is 2.84 bits per heavy atom. The van der Waals surface area contributed by atoms with Crippen molar-refractivity contribution in [1.82, 2.24) is 15.1 Å². The van der Waals surface area contributed by atoms with Gasteiger partial charge in [-0.3, -0.25) is 4.90 Å². The lowest BCUT2D eigenvalue weighted by Crippen LogP contribution is -2.38. The maximum Gasteiger partial charge on any atom is 0.246 e. The minimum absolute atomic E-state index is 0.0502. The van der Waals surface area contributed by atoms with Gasteiger partial charge in [0.25, 0.3) is 0 Å². The van der Waals surface area contributed by atoms with Crippen LogP contribution in [0.2, 0.25) is 5.02 Å². The van der Waals surface area contributed by atoms with Crippen molar-refractivity contribution < 1.29 is 17.6 Å². The quantitative estimate of drug-likeness (QED) is 0.781. The van der Waals surface area contributed by atoms with Crippen LogP contribution in [0.4, 0.5) is 0 Å². The first-order valence-electron chi connectivity index (χ1n) is 8.04. The van der Waals surface area contributed by atoms with E-state index in [4.69, 9.17) is 20.8 Å². The van der Waals surface area contributed by atoms with E-state index in [1.165, 1.54) is 0 Å². The second-order valence-electron chi connectivity index (χ2n) is 5.91. The van der Waals surface area contributed by atoms with E-state index in [1.807, 2.05) is 0 Å². The number of sulfone groups is 1. The Morgan fingerprint density at radius 1 is 1.36 bits per heavy atom. The van der Waals surface area contributed by atoms with Crippen LogP contribution in [-0.4, -0.2) is 49.0 Å². The van der Waals surface area contributed by atoms with Gasteiger partial charge < -0.3 is 9.15 Å². The summed E-state index contributed by atoms with van der Waals surface area (Å²) >= 11 is 6.08. The van der Waals surface area contributed by atoms with Crippen molar-refractivity contribution in [2.75, 3.05) is 25.4 Å². The molecule has 0 radical (unpaired) electrons. The smallest absolute Gasteiger partial charge is 0.246 e. The van der Waals surface area contributed by atoms with E-state index >= 15 is 0 Å². The van der Waals surface area contributed by atoms with Crippen molar-refractivity contribution in [1.29, 1.82) is 0 Å². The molecule has 0 saturated carbocycles. The number of halogens is 1. The van der Waals surface area contributed by atoms with Crippen LogP contribution < -0.4 is 0 Å². The van der Waals surface area contributed by atoms with Gasteiger partial charge in [0.05, 0.1) is 17.3 Å². The molecule has 3 rings (SSSR count). The van der Waals surface area contributed by atoms with Crippen molar-refractivity contribution in [2.45, 2.75) is 31.4 Å². The van der Waals surface area contributed by atoms with Crippen LogP contribution >= 0.6 is 11.6 Å². The largest absolute Gasteiger partial charge is 0.423 e. The summed E-state index contributed by atoms with van der Waals surface area (Å²) in [6, 6.07) is 4.90. The van der Waals surface area contributed by atoms with E-state index < -0.39 is 9.84 Å². The summed E-state index contributed by atoms with van der Waals surface area (Å²) in [6.07, 6.45) is -0.319. The number of benzene rings is 1. The van der Waals surface area contributed by atoms with Gasteiger partial charge in [0.15, 0.2) is 9.84 Å². The van der Waals surface area contributed by atoms with Gasteiger partial charge in [-0.1, -0.05) is 18.5 Å². The number of hydrogen-bond donors (Lipinski definition) is 0. The minimum Gasteiger partial charge on any atom is -0.423 e. The topological polar surface area (TPSA) is 85.5 Å². The van der Waals surface area contributed by atoms with Gasteiger partial charge in [0.1, 0.15) is 6.10 Å². The molecule has 0 spiro atoms. The molecule has 1 aromatic heterocycles. The third-order valence-electron chi connectivity index (χ3n) is 4.10. The molecule has 1 aromatic carbocycles. The molecule has 1 aliphatic rings. The Bertz CT molecular complexity index is 853. The molecule has 136 valence electrons. The molecular formula is C16H20ClN3O4S. The Morgan fingerprint density at radius 2 is 2.16 bits per heavy atom. The highest BCUT2D eigenvalue weighted by molar-refractivity contribution is 7.91. The monoisotopic (exact) mass is 385 g/mol. The Labute approximate surface area is 151 Å². The van der Waals surface area contributed by atoms with Gasteiger partial charge in [-0.15, -0.1) is 10.2 Å². The maximum absolute atomic E-state index is 12.3. The number of aryl methyl sites for hydroxylation is 1. The van der Waals surface area contributed by atoms with Crippen molar-refractivity contribution in [3.63, 3.8) is 0 Å². The van der Waals surface area contributed by atoms with E-state index in [9.17, 15) is 8.42 Å². The Kier molecular flexibility index (Phi) is 5.43. The van der Waals surface area contributed by atoms with Gasteiger partial charge in [0, 0.05) is 31.6 Å². The predicted octanol–water partition coefficient (Wildman–Crippen LogP) is 2.40. The molecule has 1 aliphatic heterocycles. The van der Waals surface area contributed by atoms with Crippen LogP contribution in [0.5, 0.6) is 0 Å². The Balaban J connectivity index is 1.81. The molecule has 1 unspecified atom stereocenters. The van der Waals surface area contributed by atoms with E-state index in [2.05, 4.69) is 15.1 Å². The molecule has 1 saturated heterocycles. The zero-order valence-electron chi connectivity index (χ0n) is 14.1. The molecule has 0 bridgehead atoms. The molecular weight excluding hydrogens is 366 g/mol. The molecule has 7 nitrogen and oxygen atoms in total. The number of aromatic nitrogens is 2. The predicted molar refractivity (Wildman–Crippen MR) is 92.2 cm³/mol. The molecule has 9 heteroatoms. The first kappa shape index (κ1) is 18.3. The highest BCUT2D eigenvalue weighted by atomic mass is 35.5. The summed E-state index contributed by atoms with van der Waals surface area (Å²) in [4.78, 5) is 2.43. The van der Waals surface area contributed by atoms with Crippen molar-refractivity contribution in [3.05, 3.63) is 40.6 Å². The first-order valence-corrected chi connectivity index (χ1v) is 10.1. The van der Waals surface area contributed by atoms with Crippen molar-refractivity contribution >= 4 is 21.4 Å². The van der Waals surface area contributed by atoms with Crippen LogP contribution in [0.25, 0.3) is 0 Å². The fourth-order valence-electron chi connectivity index (χ4n) is 2.81. The molecule has 1 atom stereocenters. The second kappa shape index (κ2) is 7.41.